The third-order valence-electron chi connectivity index (χ3n) is 3.73. The maximum absolute atomic E-state index is 4.77. The number of rotatable bonds is 3. The van der Waals surface area contributed by atoms with E-state index in [0.717, 1.165) is 11.2 Å². The number of fused-ring (bicyclic) bond motifs is 1. The van der Waals surface area contributed by atoms with Crippen LogP contribution in [0.4, 0.5) is 5.69 Å². The van der Waals surface area contributed by atoms with Crippen molar-refractivity contribution in [2.75, 3.05) is 12.4 Å². The first kappa shape index (κ1) is 13.9. The molecule has 1 aromatic heterocycles. The molecule has 0 bridgehead atoms. The van der Waals surface area contributed by atoms with Gasteiger partial charge in [-0.3, -0.25) is 4.98 Å². The van der Waals surface area contributed by atoms with Crippen LogP contribution in [0.3, 0.4) is 0 Å². The van der Waals surface area contributed by atoms with Crippen LogP contribution < -0.4 is 5.32 Å². The van der Waals surface area contributed by atoms with E-state index in [-0.39, 0.29) is 0 Å². The Morgan fingerprint density at radius 3 is 2.26 bits per heavy atom. The molecule has 0 amide bonds. The first-order valence-electron chi connectivity index (χ1n) is 7.07. The molecule has 0 saturated carbocycles. The summed E-state index contributed by atoms with van der Waals surface area (Å²) < 4.78 is 0. The minimum Gasteiger partial charge on any atom is -0.387 e. The third kappa shape index (κ3) is 2.44. The van der Waals surface area contributed by atoms with E-state index in [9.17, 15) is 0 Å². The predicted octanol–water partition coefficient (Wildman–Crippen LogP) is 4.83. The van der Waals surface area contributed by atoms with Crippen molar-refractivity contribution >= 4 is 16.6 Å². The van der Waals surface area contributed by atoms with Gasteiger partial charge < -0.3 is 5.32 Å². The van der Waals surface area contributed by atoms with Gasteiger partial charge in [0, 0.05) is 23.8 Å². The molecule has 0 radical (unpaired) electrons. The van der Waals surface area contributed by atoms with Crippen LogP contribution in [0.25, 0.3) is 10.9 Å². The lowest BCUT2D eigenvalue weighted by atomic mass is 9.94. The van der Waals surface area contributed by atoms with Crippen LogP contribution in [-0.4, -0.2) is 12.0 Å². The summed E-state index contributed by atoms with van der Waals surface area (Å²) in [6, 6.07) is 6.61. The lowest BCUT2D eigenvalue weighted by Gasteiger charge is -2.18. The van der Waals surface area contributed by atoms with Crippen molar-refractivity contribution in [1.29, 1.82) is 0 Å². The number of benzene rings is 1. The van der Waals surface area contributed by atoms with E-state index in [1.165, 1.54) is 22.2 Å². The van der Waals surface area contributed by atoms with Crippen molar-refractivity contribution in [1.82, 2.24) is 4.98 Å². The second-order valence-electron chi connectivity index (χ2n) is 5.82. The van der Waals surface area contributed by atoms with Crippen LogP contribution in [0.1, 0.15) is 56.4 Å². The Balaban J connectivity index is 2.81. The van der Waals surface area contributed by atoms with Crippen LogP contribution in [0.5, 0.6) is 0 Å². The Bertz CT molecular complexity index is 598. The van der Waals surface area contributed by atoms with Crippen molar-refractivity contribution < 1.29 is 0 Å². The predicted molar refractivity (Wildman–Crippen MR) is 84.2 cm³/mol. The van der Waals surface area contributed by atoms with Gasteiger partial charge in [-0.15, -0.1) is 0 Å². The first-order chi connectivity index (χ1) is 8.95. The van der Waals surface area contributed by atoms with Gasteiger partial charge >= 0.3 is 0 Å². The molecule has 2 aromatic rings. The van der Waals surface area contributed by atoms with Gasteiger partial charge in [-0.05, 0) is 42.0 Å². The molecule has 2 nitrogen and oxygen atoms in total. The number of pyridine rings is 1. The SMILES string of the molecule is CNc1c(C(C)C)c(C)nc2ccc(C(C)C)cc12. The number of aromatic nitrogens is 1. The summed E-state index contributed by atoms with van der Waals surface area (Å²) in [7, 11) is 2.00. The topological polar surface area (TPSA) is 24.9 Å². The molecule has 2 heteroatoms. The van der Waals surface area contributed by atoms with E-state index >= 15 is 0 Å². The molecule has 0 saturated heterocycles. The zero-order chi connectivity index (χ0) is 14.2. The van der Waals surface area contributed by atoms with E-state index in [0.29, 0.717) is 11.8 Å². The van der Waals surface area contributed by atoms with Gasteiger partial charge in [0.2, 0.25) is 0 Å². The highest BCUT2D eigenvalue weighted by molar-refractivity contribution is 5.94. The quantitative estimate of drug-likeness (QED) is 0.850. The van der Waals surface area contributed by atoms with Crippen LogP contribution in [-0.2, 0) is 0 Å². The van der Waals surface area contributed by atoms with Crippen molar-refractivity contribution in [3.63, 3.8) is 0 Å². The summed E-state index contributed by atoms with van der Waals surface area (Å²) in [5.41, 5.74) is 6.14. The lowest BCUT2D eigenvalue weighted by molar-refractivity contribution is 0.848. The smallest absolute Gasteiger partial charge is 0.0726 e. The van der Waals surface area contributed by atoms with Crippen molar-refractivity contribution in [3.8, 4) is 0 Å². The number of hydrogen-bond donors (Lipinski definition) is 1. The van der Waals surface area contributed by atoms with Crippen LogP contribution >= 0.6 is 0 Å². The summed E-state index contributed by atoms with van der Waals surface area (Å²) >= 11 is 0. The van der Waals surface area contributed by atoms with Crippen LogP contribution in [0, 0.1) is 6.92 Å². The van der Waals surface area contributed by atoms with Crippen molar-refractivity contribution in [3.05, 3.63) is 35.0 Å². The van der Waals surface area contributed by atoms with E-state index in [1.54, 1.807) is 0 Å². The number of nitrogens with zero attached hydrogens (tertiary/aromatic N) is 1. The lowest BCUT2D eigenvalue weighted by Crippen LogP contribution is -2.04. The number of aryl methyl sites for hydroxylation is 1. The molecule has 0 aliphatic heterocycles. The summed E-state index contributed by atoms with van der Waals surface area (Å²) in [6.45, 7) is 11.0. The van der Waals surface area contributed by atoms with E-state index in [1.807, 2.05) is 7.05 Å². The fraction of sp³-hybridized carbons (Fsp3) is 0.471. The van der Waals surface area contributed by atoms with Gasteiger partial charge in [0.05, 0.1) is 5.52 Å². The zero-order valence-electron chi connectivity index (χ0n) is 12.8. The molecule has 1 aromatic carbocycles. The highest BCUT2D eigenvalue weighted by Gasteiger charge is 2.15. The number of anilines is 1. The van der Waals surface area contributed by atoms with Crippen LogP contribution in [0.2, 0.25) is 0 Å². The Kier molecular flexibility index (Phi) is 3.79. The molecular formula is C17H24N2. The summed E-state index contributed by atoms with van der Waals surface area (Å²) in [5, 5.41) is 4.63. The molecule has 0 unspecified atom stereocenters. The molecule has 1 heterocycles. The van der Waals surface area contributed by atoms with Crippen LogP contribution in [0.15, 0.2) is 18.2 Å². The normalized spacial score (nSPS) is 11.6. The van der Waals surface area contributed by atoms with Gasteiger partial charge in [0.25, 0.3) is 0 Å². The van der Waals surface area contributed by atoms with Gasteiger partial charge in [-0.2, -0.15) is 0 Å². The summed E-state index contributed by atoms with van der Waals surface area (Å²) in [4.78, 5) is 4.77. The van der Waals surface area contributed by atoms with Crippen molar-refractivity contribution in [2.45, 2.75) is 46.5 Å². The molecule has 19 heavy (non-hydrogen) atoms. The van der Waals surface area contributed by atoms with Crippen molar-refractivity contribution in [2.24, 2.45) is 0 Å². The third-order valence-corrected chi connectivity index (χ3v) is 3.73. The van der Waals surface area contributed by atoms with E-state index in [2.05, 4.69) is 58.1 Å². The largest absolute Gasteiger partial charge is 0.387 e. The first-order valence-corrected chi connectivity index (χ1v) is 7.07. The molecule has 0 spiro atoms. The molecule has 0 atom stereocenters. The molecule has 0 fully saturated rings. The minimum atomic E-state index is 0.474. The fourth-order valence-electron chi connectivity index (χ4n) is 2.75. The molecule has 1 N–H and O–H groups in total. The van der Waals surface area contributed by atoms with Gasteiger partial charge in [-0.1, -0.05) is 33.8 Å². The maximum Gasteiger partial charge on any atom is 0.0726 e. The second-order valence-corrected chi connectivity index (χ2v) is 5.82. The average molecular weight is 256 g/mol. The fourth-order valence-corrected chi connectivity index (χ4v) is 2.75. The zero-order valence-corrected chi connectivity index (χ0v) is 12.8. The van der Waals surface area contributed by atoms with Gasteiger partial charge in [0.15, 0.2) is 0 Å². The van der Waals surface area contributed by atoms with Gasteiger partial charge in [0.1, 0.15) is 0 Å². The van der Waals surface area contributed by atoms with Gasteiger partial charge in [-0.25, -0.2) is 0 Å². The molecule has 102 valence electrons. The average Bonchev–Trinajstić information content (AvgIpc) is 2.35. The van der Waals surface area contributed by atoms with E-state index in [4.69, 9.17) is 4.98 Å². The molecule has 2 rings (SSSR count). The Hall–Kier alpha value is -1.57. The minimum absolute atomic E-state index is 0.474. The highest BCUT2D eigenvalue weighted by Crippen LogP contribution is 2.34. The number of nitrogens with one attached hydrogen (secondary N) is 1. The standard InChI is InChI=1S/C17H24N2/c1-10(2)13-7-8-15-14(9-13)17(18-6)16(11(3)4)12(5)19-15/h7-11H,1-6H3,(H,18,19). The molecule has 0 aliphatic rings. The Morgan fingerprint density at radius 2 is 1.74 bits per heavy atom. The monoisotopic (exact) mass is 256 g/mol. The second kappa shape index (κ2) is 5.20. The van der Waals surface area contributed by atoms with E-state index < -0.39 is 0 Å². The number of hydrogen-bond acceptors (Lipinski definition) is 2. The summed E-state index contributed by atoms with van der Waals surface area (Å²) in [5.74, 6) is 1.01. The Labute approximate surface area is 116 Å². The molecule has 0 aliphatic carbocycles. The summed E-state index contributed by atoms with van der Waals surface area (Å²) in [6.07, 6.45) is 0. The maximum atomic E-state index is 4.77. The Morgan fingerprint density at radius 1 is 1.05 bits per heavy atom. The molecular weight excluding hydrogens is 232 g/mol. The highest BCUT2D eigenvalue weighted by atomic mass is 14.8.